The van der Waals surface area contributed by atoms with E-state index in [1.807, 2.05) is 0 Å². The van der Waals surface area contributed by atoms with Gasteiger partial charge in [0.2, 0.25) is 0 Å². The SMILES string of the molecule is COCC[NH+](CCOC)CC(=O)NCC(=O)[O-]. The average Bonchev–Trinajstić information content (AvgIpc) is 2.30. The molecular weight excluding hydrogens is 228 g/mol. The maximum atomic E-state index is 11.4. The van der Waals surface area contributed by atoms with E-state index in [9.17, 15) is 14.7 Å². The molecule has 0 aromatic carbocycles. The number of quaternary nitrogens is 1. The molecule has 0 aromatic heterocycles. The predicted octanol–water partition coefficient (Wildman–Crippen LogP) is -3.97. The fraction of sp³-hybridized carbons (Fsp3) is 0.800. The van der Waals surface area contributed by atoms with E-state index in [-0.39, 0.29) is 12.5 Å². The maximum absolute atomic E-state index is 11.4. The highest BCUT2D eigenvalue weighted by Gasteiger charge is 2.13. The van der Waals surface area contributed by atoms with Gasteiger partial charge in [0.15, 0.2) is 6.54 Å². The van der Waals surface area contributed by atoms with Crippen LogP contribution >= 0.6 is 0 Å². The Balaban J connectivity index is 3.93. The zero-order valence-electron chi connectivity index (χ0n) is 10.3. The molecule has 0 saturated heterocycles. The van der Waals surface area contributed by atoms with Crippen molar-refractivity contribution >= 4 is 11.9 Å². The van der Waals surface area contributed by atoms with E-state index in [2.05, 4.69) is 5.32 Å². The zero-order chi connectivity index (χ0) is 13.1. The number of carbonyl (C=O) groups excluding carboxylic acids is 2. The fourth-order valence-corrected chi connectivity index (χ4v) is 1.25. The number of hydrogen-bond acceptors (Lipinski definition) is 5. The molecule has 0 aliphatic heterocycles. The van der Waals surface area contributed by atoms with Crippen LogP contribution in [-0.2, 0) is 19.1 Å². The lowest BCUT2D eigenvalue weighted by atomic mass is 10.4. The lowest BCUT2D eigenvalue weighted by Gasteiger charge is -2.18. The van der Waals surface area contributed by atoms with Crippen LogP contribution in [0.2, 0.25) is 0 Å². The number of hydrogen-bond donors (Lipinski definition) is 2. The van der Waals surface area contributed by atoms with Crippen LogP contribution in [0.3, 0.4) is 0 Å². The van der Waals surface area contributed by atoms with Gasteiger partial charge in [-0.05, 0) is 0 Å². The molecule has 7 nitrogen and oxygen atoms in total. The minimum Gasteiger partial charge on any atom is -0.548 e. The van der Waals surface area contributed by atoms with Gasteiger partial charge in [-0.1, -0.05) is 0 Å². The first-order chi connectivity index (χ1) is 8.10. The highest BCUT2D eigenvalue weighted by atomic mass is 16.5. The van der Waals surface area contributed by atoms with Gasteiger partial charge in [-0.15, -0.1) is 0 Å². The predicted molar refractivity (Wildman–Crippen MR) is 57.3 cm³/mol. The number of carboxylic acids is 1. The van der Waals surface area contributed by atoms with E-state index in [1.165, 1.54) is 0 Å². The van der Waals surface area contributed by atoms with Gasteiger partial charge in [-0.2, -0.15) is 0 Å². The molecule has 0 rings (SSSR count). The number of amides is 1. The number of nitrogens with one attached hydrogen (secondary N) is 2. The fourth-order valence-electron chi connectivity index (χ4n) is 1.25. The third kappa shape index (κ3) is 9.73. The van der Waals surface area contributed by atoms with Crippen molar-refractivity contribution in [2.75, 3.05) is 53.6 Å². The van der Waals surface area contributed by atoms with Gasteiger partial charge in [-0.3, -0.25) is 4.79 Å². The number of methoxy groups -OCH3 is 2. The van der Waals surface area contributed by atoms with Crippen LogP contribution in [0.15, 0.2) is 0 Å². The van der Waals surface area contributed by atoms with Gasteiger partial charge >= 0.3 is 0 Å². The third-order valence-electron chi connectivity index (χ3n) is 2.16. The number of aliphatic carboxylic acids is 1. The van der Waals surface area contributed by atoms with E-state index in [4.69, 9.17) is 9.47 Å². The summed E-state index contributed by atoms with van der Waals surface area (Å²) in [5, 5.41) is 12.4. The van der Waals surface area contributed by atoms with Crippen molar-refractivity contribution in [3.63, 3.8) is 0 Å². The average molecular weight is 248 g/mol. The number of ether oxygens (including phenoxy) is 2. The van der Waals surface area contributed by atoms with Gasteiger partial charge in [0, 0.05) is 14.2 Å². The molecule has 0 unspecified atom stereocenters. The first-order valence-electron chi connectivity index (χ1n) is 5.38. The van der Waals surface area contributed by atoms with E-state index in [0.29, 0.717) is 26.3 Å². The Labute approximate surface area is 101 Å². The standard InChI is InChI=1S/C10H20N2O5/c1-16-5-3-12(4-6-17-2)8-9(13)11-7-10(14)15/h3-8H2,1-2H3,(H,11,13)(H,14,15). The second kappa shape index (κ2) is 10.0. The summed E-state index contributed by atoms with van der Waals surface area (Å²) in [5.74, 6) is -1.62. The number of rotatable bonds is 10. The molecule has 0 aliphatic carbocycles. The molecule has 0 atom stereocenters. The van der Waals surface area contributed by atoms with Crippen LogP contribution in [0.5, 0.6) is 0 Å². The Morgan fingerprint density at radius 3 is 2.12 bits per heavy atom. The largest absolute Gasteiger partial charge is 0.548 e. The molecule has 0 aliphatic rings. The van der Waals surface area contributed by atoms with E-state index in [1.54, 1.807) is 14.2 Å². The maximum Gasteiger partial charge on any atom is 0.275 e. The summed E-state index contributed by atoms with van der Waals surface area (Å²) in [6.45, 7) is 2.14. The van der Waals surface area contributed by atoms with E-state index in [0.717, 1.165) is 4.90 Å². The molecule has 0 heterocycles. The lowest BCUT2D eigenvalue weighted by Crippen LogP contribution is -3.14. The second-order valence-corrected chi connectivity index (χ2v) is 3.56. The van der Waals surface area contributed by atoms with Crippen molar-refractivity contribution in [3.8, 4) is 0 Å². The zero-order valence-corrected chi connectivity index (χ0v) is 10.3. The van der Waals surface area contributed by atoms with Gasteiger partial charge in [-0.25, -0.2) is 0 Å². The van der Waals surface area contributed by atoms with Gasteiger partial charge in [0.1, 0.15) is 13.1 Å². The summed E-state index contributed by atoms with van der Waals surface area (Å²) in [4.78, 5) is 22.5. The molecule has 17 heavy (non-hydrogen) atoms. The molecule has 0 fully saturated rings. The van der Waals surface area contributed by atoms with E-state index >= 15 is 0 Å². The van der Waals surface area contributed by atoms with Crippen molar-refractivity contribution in [2.24, 2.45) is 0 Å². The van der Waals surface area contributed by atoms with Gasteiger partial charge in [0.25, 0.3) is 5.91 Å². The second-order valence-electron chi connectivity index (χ2n) is 3.56. The summed E-state index contributed by atoms with van der Waals surface area (Å²) in [6, 6.07) is 0. The molecule has 0 aromatic rings. The van der Waals surface area contributed by atoms with Crippen LogP contribution in [-0.4, -0.2) is 65.5 Å². The summed E-state index contributed by atoms with van der Waals surface area (Å²) in [5.41, 5.74) is 0. The first kappa shape index (κ1) is 15.8. The van der Waals surface area contributed by atoms with Crippen LogP contribution in [0, 0.1) is 0 Å². The van der Waals surface area contributed by atoms with Crippen molar-refractivity contribution in [1.29, 1.82) is 0 Å². The third-order valence-corrected chi connectivity index (χ3v) is 2.16. The lowest BCUT2D eigenvalue weighted by molar-refractivity contribution is -0.892. The van der Waals surface area contributed by atoms with Crippen LogP contribution in [0.25, 0.3) is 0 Å². The summed E-state index contributed by atoms with van der Waals surface area (Å²) < 4.78 is 9.87. The van der Waals surface area contributed by atoms with Gasteiger partial charge in [0.05, 0.1) is 25.7 Å². The van der Waals surface area contributed by atoms with Crippen LogP contribution in [0.1, 0.15) is 0 Å². The van der Waals surface area contributed by atoms with Crippen molar-refractivity contribution in [1.82, 2.24) is 5.32 Å². The number of carbonyl (C=O) groups is 2. The Bertz CT molecular complexity index is 227. The van der Waals surface area contributed by atoms with Crippen molar-refractivity contribution in [2.45, 2.75) is 0 Å². The molecule has 1 amide bonds. The summed E-state index contributed by atoms with van der Waals surface area (Å²) >= 11 is 0. The molecule has 0 spiro atoms. The smallest absolute Gasteiger partial charge is 0.275 e. The van der Waals surface area contributed by atoms with Gasteiger partial charge < -0.3 is 29.6 Å². The first-order valence-corrected chi connectivity index (χ1v) is 5.38. The molecule has 0 saturated carbocycles. The number of carboxylic acid groups (broad SMARTS) is 1. The van der Waals surface area contributed by atoms with E-state index < -0.39 is 12.5 Å². The molecule has 0 radical (unpaired) electrons. The van der Waals surface area contributed by atoms with Crippen LogP contribution in [0.4, 0.5) is 0 Å². The highest BCUT2D eigenvalue weighted by Crippen LogP contribution is 1.66. The quantitative estimate of drug-likeness (QED) is 0.411. The normalized spacial score (nSPS) is 10.5. The Morgan fingerprint density at radius 1 is 1.18 bits per heavy atom. The Hall–Kier alpha value is -1.18. The van der Waals surface area contributed by atoms with Crippen LogP contribution < -0.4 is 15.3 Å². The highest BCUT2D eigenvalue weighted by molar-refractivity contribution is 5.81. The van der Waals surface area contributed by atoms with Crippen molar-refractivity contribution < 1.29 is 29.1 Å². The molecule has 100 valence electrons. The molecule has 0 bridgehead atoms. The summed E-state index contributed by atoms with van der Waals surface area (Å²) in [6.07, 6.45) is 0. The topological polar surface area (TPSA) is 92.1 Å². The molecule has 2 N–H and O–H groups in total. The Kier molecular flexibility index (Phi) is 9.31. The van der Waals surface area contributed by atoms with Crippen molar-refractivity contribution in [3.05, 3.63) is 0 Å². The monoisotopic (exact) mass is 248 g/mol. The molecular formula is C10H20N2O5. The minimum absolute atomic E-state index is 0.194. The molecule has 7 heteroatoms. The summed E-state index contributed by atoms with van der Waals surface area (Å²) in [7, 11) is 3.17. The Morgan fingerprint density at radius 2 is 1.71 bits per heavy atom. The minimum atomic E-state index is -1.30.